The van der Waals surface area contributed by atoms with Crippen molar-refractivity contribution < 1.29 is 26.4 Å². The van der Waals surface area contributed by atoms with Gasteiger partial charge in [0.25, 0.3) is 0 Å². The average Bonchev–Trinajstić information content (AvgIpc) is 3.23. The molecule has 7 rings (SSSR count). The molecular weight excluding hydrogens is 372 g/mol. The minimum Gasteiger partial charge on any atom is -1.00 e. The summed E-state index contributed by atoms with van der Waals surface area (Å²) in [4.78, 5) is 13.1. The topological polar surface area (TPSA) is 38.3 Å². The van der Waals surface area contributed by atoms with E-state index in [1.54, 1.807) is 7.11 Å². The highest BCUT2D eigenvalue weighted by Gasteiger charge is 2.83. The van der Waals surface area contributed by atoms with Gasteiger partial charge in [0, 0.05) is 17.5 Å². The maximum atomic E-state index is 13.1. The van der Waals surface area contributed by atoms with Crippen molar-refractivity contribution in [3.05, 3.63) is 29.8 Å². The smallest absolute Gasteiger partial charge is 0.311 e. The van der Waals surface area contributed by atoms with Gasteiger partial charge in [-0.25, -0.2) is 0 Å². The molecule has 4 unspecified atom stereocenters. The van der Waals surface area contributed by atoms with Gasteiger partial charge in [0.2, 0.25) is 0 Å². The van der Waals surface area contributed by atoms with E-state index in [0.29, 0.717) is 11.5 Å². The van der Waals surface area contributed by atoms with Crippen LogP contribution in [0.4, 0.5) is 5.69 Å². The van der Waals surface area contributed by atoms with Gasteiger partial charge < -0.3 is 26.9 Å². The van der Waals surface area contributed by atoms with Gasteiger partial charge >= 0.3 is 5.97 Å². The van der Waals surface area contributed by atoms with Crippen LogP contribution in [-0.2, 0) is 14.9 Å². The number of ether oxygens (including phenoxy) is 1. The summed E-state index contributed by atoms with van der Waals surface area (Å²) in [5.74, 6) is -0.00543. The molecule has 28 heavy (non-hydrogen) atoms. The van der Waals surface area contributed by atoms with Crippen molar-refractivity contribution in [1.82, 2.24) is 0 Å². The third kappa shape index (κ3) is 1.73. The Morgan fingerprint density at radius 2 is 2.04 bits per heavy atom. The van der Waals surface area contributed by atoms with E-state index in [0.717, 1.165) is 12.8 Å². The monoisotopic (exact) mass is 402 g/mol. The van der Waals surface area contributed by atoms with E-state index >= 15 is 0 Å². The third-order valence-corrected chi connectivity index (χ3v) is 9.72. The normalized spacial score (nSPS) is 46.6. The molecule has 0 aromatic heterocycles. The fourth-order valence-electron chi connectivity index (χ4n) is 9.07. The Kier molecular flexibility index (Phi) is 3.79. The molecule has 3 aliphatic heterocycles. The highest BCUT2D eigenvalue weighted by Crippen LogP contribution is 2.75. The molecule has 6 atom stereocenters. The number of nitrogens with zero attached hydrogens (tertiary/aromatic N) is 1. The van der Waals surface area contributed by atoms with Crippen molar-refractivity contribution in [3.63, 3.8) is 0 Å². The number of esters is 1. The number of quaternary nitrogens is 1. The first-order valence-corrected chi connectivity index (χ1v) is 10.9. The number of carbonyl (C=O) groups excluding carboxylic acids is 1. The quantitative estimate of drug-likeness (QED) is 0.577. The van der Waals surface area contributed by atoms with E-state index in [-0.39, 0.29) is 35.2 Å². The number of carbonyl (C=O) groups is 1. The third-order valence-electron chi connectivity index (χ3n) is 9.72. The SMILES string of the molecule is CC[N+]12CCCC34CCC5(Nc6ccccc6[C@]5(CC1)[C@H]32)C(C(=O)OC)C4.[Cl-]. The highest BCUT2D eigenvalue weighted by molar-refractivity contribution is 5.80. The van der Waals surface area contributed by atoms with Gasteiger partial charge in [-0.05, 0) is 50.7 Å². The first kappa shape index (κ1) is 18.7. The lowest BCUT2D eigenvalue weighted by atomic mass is 9.38. The van der Waals surface area contributed by atoms with Crippen molar-refractivity contribution in [2.75, 3.05) is 32.1 Å². The van der Waals surface area contributed by atoms with Crippen LogP contribution >= 0.6 is 0 Å². The summed E-state index contributed by atoms with van der Waals surface area (Å²) in [5.41, 5.74) is 3.04. The van der Waals surface area contributed by atoms with E-state index in [1.807, 2.05) is 0 Å². The van der Waals surface area contributed by atoms with Crippen molar-refractivity contribution >= 4 is 11.7 Å². The Bertz CT molecular complexity index is 846. The summed E-state index contributed by atoms with van der Waals surface area (Å²) in [6.07, 6.45) is 7.23. The Morgan fingerprint density at radius 1 is 1.21 bits per heavy atom. The van der Waals surface area contributed by atoms with Crippen LogP contribution in [0, 0.1) is 11.3 Å². The largest absolute Gasteiger partial charge is 1.00 e. The molecule has 3 spiro atoms. The summed E-state index contributed by atoms with van der Waals surface area (Å²) in [6, 6.07) is 9.62. The average molecular weight is 403 g/mol. The molecule has 6 aliphatic rings. The zero-order valence-corrected chi connectivity index (χ0v) is 17.7. The second-order valence-corrected chi connectivity index (χ2v) is 9.99. The highest BCUT2D eigenvalue weighted by atomic mass is 35.5. The van der Waals surface area contributed by atoms with Gasteiger partial charge in [0.05, 0.1) is 43.6 Å². The molecule has 2 bridgehead atoms. The van der Waals surface area contributed by atoms with Gasteiger partial charge in [-0.15, -0.1) is 0 Å². The van der Waals surface area contributed by atoms with Crippen LogP contribution in [0.5, 0.6) is 0 Å². The fourth-order valence-corrected chi connectivity index (χ4v) is 9.07. The first-order chi connectivity index (χ1) is 13.1. The number of hydrogen-bond donors (Lipinski definition) is 1. The van der Waals surface area contributed by atoms with Crippen LogP contribution in [0.2, 0.25) is 0 Å². The van der Waals surface area contributed by atoms with E-state index in [1.165, 1.54) is 61.1 Å². The fraction of sp³-hybridized carbons (Fsp3) is 0.696. The van der Waals surface area contributed by atoms with Crippen molar-refractivity contribution in [3.8, 4) is 0 Å². The molecule has 1 aromatic carbocycles. The predicted octanol–water partition coefficient (Wildman–Crippen LogP) is 0.469. The van der Waals surface area contributed by atoms with Gasteiger partial charge in [0.15, 0.2) is 0 Å². The second kappa shape index (κ2) is 5.66. The summed E-state index contributed by atoms with van der Waals surface area (Å²) in [7, 11) is 1.58. The van der Waals surface area contributed by atoms with Crippen LogP contribution in [0.25, 0.3) is 0 Å². The van der Waals surface area contributed by atoms with Crippen molar-refractivity contribution in [1.29, 1.82) is 0 Å². The van der Waals surface area contributed by atoms with Gasteiger partial charge in [-0.2, -0.15) is 0 Å². The first-order valence-electron chi connectivity index (χ1n) is 10.9. The Morgan fingerprint density at radius 3 is 2.82 bits per heavy atom. The number of nitrogens with one attached hydrogen (secondary N) is 1. The maximum Gasteiger partial charge on any atom is 0.311 e. The molecule has 152 valence electrons. The molecule has 1 aromatic rings. The summed E-state index contributed by atoms with van der Waals surface area (Å²) < 4.78 is 6.67. The summed E-state index contributed by atoms with van der Waals surface area (Å²) in [5, 5.41) is 3.98. The molecular formula is C23H31ClN2O2. The number of likely N-dealkylation sites (N-methyl/N-ethyl adjacent to an activating group) is 1. The van der Waals surface area contributed by atoms with Crippen LogP contribution in [0.15, 0.2) is 24.3 Å². The zero-order chi connectivity index (χ0) is 18.5. The number of benzene rings is 1. The summed E-state index contributed by atoms with van der Waals surface area (Å²) in [6.45, 7) is 6.23. The van der Waals surface area contributed by atoms with Gasteiger partial charge in [-0.1, -0.05) is 18.2 Å². The number of methoxy groups -OCH3 is 1. The number of para-hydroxylation sites is 1. The zero-order valence-electron chi connectivity index (χ0n) is 17.0. The lowest BCUT2D eigenvalue weighted by Crippen LogP contribution is -3.00. The molecule has 0 radical (unpaired) electrons. The number of anilines is 1. The maximum absolute atomic E-state index is 13.1. The van der Waals surface area contributed by atoms with E-state index in [2.05, 4.69) is 36.5 Å². The molecule has 1 N–H and O–H groups in total. The minimum absolute atomic E-state index is 0. The number of rotatable bonds is 2. The number of halogens is 1. The second-order valence-electron chi connectivity index (χ2n) is 9.99. The lowest BCUT2D eigenvalue weighted by Gasteiger charge is -2.69. The van der Waals surface area contributed by atoms with Gasteiger partial charge in [0.1, 0.15) is 6.04 Å². The van der Waals surface area contributed by atoms with Crippen LogP contribution in [-0.4, -0.2) is 48.8 Å². The van der Waals surface area contributed by atoms with Crippen molar-refractivity contribution in [2.45, 2.75) is 62.4 Å². The molecule has 3 saturated carbocycles. The molecule has 5 heteroatoms. The number of hydrogen-bond acceptors (Lipinski definition) is 3. The Hall–Kier alpha value is -1.26. The molecule has 0 amide bonds. The number of piperidine rings is 1. The lowest BCUT2D eigenvalue weighted by molar-refractivity contribution is -0.955. The van der Waals surface area contributed by atoms with Crippen LogP contribution < -0.4 is 17.7 Å². The molecule has 2 saturated heterocycles. The molecule has 4 nitrogen and oxygen atoms in total. The van der Waals surface area contributed by atoms with Gasteiger partial charge in [-0.3, -0.25) is 4.79 Å². The van der Waals surface area contributed by atoms with Crippen LogP contribution in [0.1, 0.15) is 51.0 Å². The Balaban J connectivity index is 0.00000171. The summed E-state index contributed by atoms with van der Waals surface area (Å²) >= 11 is 0. The van der Waals surface area contributed by atoms with Crippen molar-refractivity contribution in [2.24, 2.45) is 11.3 Å². The Labute approximate surface area is 174 Å². The molecule has 3 heterocycles. The number of fused-ring (bicyclic) bond motifs is 3. The molecule has 3 aliphatic carbocycles. The minimum atomic E-state index is -0.150. The molecule has 5 fully saturated rings. The van der Waals surface area contributed by atoms with E-state index < -0.39 is 0 Å². The predicted molar refractivity (Wildman–Crippen MR) is 104 cm³/mol. The van der Waals surface area contributed by atoms with E-state index in [9.17, 15) is 4.79 Å². The standard InChI is InChI=1S/C23H31N2O2.ClH/c1-3-25-13-6-9-21-10-11-23(17(15-21)19(26)27-2)22(12-14-25,20(21)25)16-7-4-5-8-18(16)24-23;/h4-5,7-8,17,20,24H,3,6,9-15H2,1-2H3;1H/q+1;/p-1/t17?,20-,21?,22+,23?,25?;/m0./s1. The van der Waals surface area contributed by atoms with Crippen LogP contribution in [0.3, 0.4) is 0 Å². The van der Waals surface area contributed by atoms with E-state index in [4.69, 9.17) is 4.74 Å².